The molecule has 40 heavy (non-hydrogen) atoms. The average Bonchev–Trinajstić information content (AvgIpc) is 3.52. The number of aromatic nitrogens is 4. The topological polar surface area (TPSA) is 153 Å². The number of benzene rings is 1. The fourth-order valence-corrected chi connectivity index (χ4v) is 6.04. The molecule has 2 aliphatic carbocycles. The lowest BCUT2D eigenvalue weighted by atomic mass is 9.96. The van der Waals surface area contributed by atoms with Crippen molar-refractivity contribution < 1.29 is 27.9 Å². The van der Waals surface area contributed by atoms with E-state index in [1.165, 1.54) is 0 Å². The van der Waals surface area contributed by atoms with Gasteiger partial charge in [0.1, 0.15) is 17.9 Å². The Balaban J connectivity index is 1.26. The third-order valence-corrected chi connectivity index (χ3v) is 8.37. The van der Waals surface area contributed by atoms with E-state index in [0.29, 0.717) is 29.2 Å². The molecule has 0 spiro atoms. The first kappa shape index (κ1) is 28.1. The lowest BCUT2D eigenvalue weighted by Gasteiger charge is -2.25. The summed E-state index contributed by atoms with van der Waals surface area (Å²) in [5.41, 5.74) is 7.16. The van der Waals surface area contributed by atoms with Gasteiger partial charge in [-0.2, -0.15) is 15.1 Å². The molecular formula is C27H35N6O6P. The zero-order valence-electron chi connectivity index (χ0n) is 22.8. The molecule has 0 aliphatic heterocycles. The van der Waals surface area contributed by atoms with Crippen molar-refractivity contribution in [3.05, 3.63) is 48.8 Å². The second-order valence-corrected chi connectivity index (χ2v) is 12.1. The third-order valence-electron chi connectivity index (χ3n) is 6.73. The maximum atomic E-state index is 13.8. The quantitative estimate of drug-likeness (QED) is 0.179. The van der Waals surface area contributed by atoms with Crippen LogP contribution in [0, 0.1) is 5.92 Å². The van der Waals surface area contributed by atoms with Gasteiger partial charge in [-0.1, -0.05) is 30.4 Å². The van der Waals surface area contributed by atoms with Crippen LogP contribution in [0.2, 0.25) is 0 Å². The van der Waals surface area contributed by atoms with Gasteiger partial charge in [0, 0.05) is 5.92 Å². The predicted molar refractivity (Wildman–Crippen MR) is 149 cm³/mol. The normalized spacial score (nSPS) is 21.2. The summed E-state index contributed by atoms with van der Waals surface area (Å²) < 4.78 is 38.6. The van der Waals surface area contributed by atoms with Crippen molar-refractivity contribution in [2.45, 2.75) is 70.7 Å². The van der Waals surface area contributed by atoms with Crippen molar-refractivity contribution >= 4 is 30.8 Å². The smallest absolute Gasteiger partial charge is 0.459 e. The molecule has 2 heterocycles. The minimum Gasteiger partial charge on any atom is -0.473 e. The number of hydrogen-bond acceptors (Lipinski definition) is 10. The van der Waals surface area contributed by atoms with Gasteiger partial charge in [0.2, 0.25) is 11.8 Å². The number of allylic oxidation sites excluding steroid dienone is 1. The van der Waals surface area contributed by atoms with Gasteiger partial charge in [0.15, 0.2) is 11.2 Å². The van der Waals surface area contributed by atoms with Crippen LogP contribution in [-0.2, 0) is 18.6 Å². The summed E-state index contributed by atoms with van der Waals surface area (Å²) in [6.45, 7) is 5.14. The number of fused-ring (bicyclic) bond motifs is 1. The van der Waals surface area contributed by atoms with Crippen LogP contribution in [-0.4, -0.2) is 50.3 Å². The molecule has 0 saturated heterocycles. The third kappa shape index (κ3) is 6.63. The molecule has 3 aromatic rings. The first-order valence-electron chi connectivity index (χ1n) is 13.5. The van der Waals surface area contributed by atoms with E-state index >= 15 is 0 Å². The molecule has 13 heteroatoms. The van der Waals surface area contributed by atoms with Gasteiger partial charge in [-0.3, -0.25) is 9.32 Å². The summed E-state index contributed by atoms with van der Waals surface area (Å²) >= 11 is 0. The minimum absolute atomic E-state index is 0.0771. The molecule has 1 saturated carbocycles. The highest BCUT2D eigenvalue weighted by molar-refractivity contribution is 7.52. The number of esters is 1. The summed E-state index contributed by atoms with van der Waals surface area (Å²) in [4.78, 5) is 25.6. The van der Waals surface area contributed by atoms with E-state index in [9.17, 15) is 9.36 Å². The van der Waals surface area contributed by atoms with Crippen LogP contribution >= 0.6 is 7.75 Å². The van der Waals surface area contributed by atoms with E-state index in [4.69, 9.17) is 24.3 Å². The average molecular weight is 571 g/mol. The number of nitrogens with two attached hydrogens (primary N) is 1. The summed E-state index contributed by atoms with van der Waals surface area (Å²) in [5, 5.41) is 2.72. The molecule has 0 radical (unpaired) electrons. The lowest BCUT2D eigenvalue weighted by molar-refractivity contribution is -0.149. The molecule has 2 aromatic heterocycles. The zero-order chi connectivity index (χ0) is 28.3. The van der Waals surface area contributed by atoms with Crippen molar-refractivity contribution in [1.29, 1.82) is 0 Å². The first-order valence-corrected chi connectivity index (χ1v) is 15.1. The second-order valence-electron chi connectivity index (χ2n) is 10.4. The van der Waals surface area contributed by atoms with Gasteiger partial charge in [-0.05, 0) is 58.6 Å². The summed E-state index contributed by atoms with van der Waals surface area (Å²) in [5.74, 6) is 0.248. The van der Waals surface area contributed by atoms with Gasteiger partial charge in [0.25, 0.3) is 0 Å². The number of nitrogens with zero attached hydrogens (tertiary/aromatic N) is 4. The van der Waals surface area contributed by atoms with E-state index < -0.39 is 19.8 Å². The highest BCUT2D eigenvalue weighted by Crippen LogP contribution is 2.46. The highest BCUT2D eigenvalue weighted by Gasteiger charge is 2.34. The molecule has 214 valence electrons. The number of imidazole rings is 1. The van der Waals surface area contributed by atoms with Gasteiger partial charge in [-0.15, -0.1) is 0 Å². The van der Waals surface area contributed by atoms with Crippen LogP contribution in [0.15, 0.2) is 48.8 Å². The van der Waals surface area contributed by atoms with E-state index in [0.717, 1.165) is 19.3 Å². The number of carbonyl (C=O) groups is 1. The van der Waals surface area contributed by atoms with Gasteiger partial charge in [-0.25, -0.2) is 9.55 Å². The number of carbonyl (C=O) groups excluding carboxylic acids is 1. The number of rotatable bonds is 12. The predicted octanol–water partition coefficient (Wildman–Crippen LogP) is 4.59. The lowest BCUT2D eigenvalue weighted by Crippen LogP contribution is -2.36. The van der Waals surface area contributed by atoms with E-state index in [1.54, 1.807) is 51.4 Å². The van der Waals surface area contributed by atoms with Crippen molar-refractivity contribution in [3.63, 3.8) is 0 Å². The Hall–Kier alpha value is -3.47. The molecule has 0 bridgehead atoms. The van der Waals surface area contributed by atoms with Gasteiger partial charge in [0.05, 0.1) is 25.1 Å². The molecule has 1 aromatic carbocycles. The van der Waals surface area contributed by atoms with Crippen LogP contribution in [0.5, 0.6) is 11.6 Å². The van der Waals surface area contributed by atoms with Crippen LogP contribution in [0.1, 0.15) is 52.5 Å². The number of nitrogen functional groups attached to an aromatic ring is 1. The molecule has 12 nitrogen and oxygen atoms in total. The monoisotopic (exact) mass is 570 g/mol. The largest absolute Gasteiger partial charge is 0.473 e. The van der Waals surface area contributed by atoms with Crippen molar-refractivity contribution in [1.82, 2.24) is 24.6 Å². The van der Waals surface area contributed by atoms with Crippen LogP contribution in [0.25, 0.3) is 11.2 Å². The summed E-state index contributed by atoms with van der Waals surface area (Å²) in [6.07, 6.45) is 9.31. The Morgan fingerprint density at radius 3 is 2.65 bits per heavy atom. The number of ether oxygens (including phenoxy) is 2. The molecule has 4 atom stereocenters. The summed E-state index contributed by atoms with van der Waals surface area (Å²) in [7, 11) is -3.95. The maximum Gasteiger partial charge on any atom is 0.459 e. The Morgan fingerprint density at radius 1 is 1.18 bits per heavy atom. The van der Waals surface area contributed by atoms with E-state index in [2.05, 4.69) is 20.0 Å². The zero-order valence-corrected chi connectivity index (χ0v) is 23.7. The fraction of sp³-hybridized carbons (Fsp3) is 0.481. The van der Waals surface area contributed by atoms with E-state index in [-0.39, 0.29) is 36.7 Å². The Bertz CT molecular complexity index is 1410. The van der Waals surface area contributed by atoms with Crippen LogP contribution in [0.3, 0.4) is 0 Å². The number of para-hydroxylation sites is 1. The molecular weight excluding hydrogens is 535 g/mol. The van der Waals surface area contributed by atoms with Gasteiger partial charge >= 0.3 is 13.7 Å². The number of hydrogen-bond donors (Lipinski definition) is 2. The highest BCUT2D eigenvalue weighted by atomic mass is 31.2. The number of nitrogens with one attached hydrogen (secondary N) is 1. The minimum atomic E-state index is -3.95. The standard InChI is InChI=1S/C27H35N6O6P/c1-17(2)37-26(34)18(3)32-40(35,39-22-8-5-4-6-9-22)36-15-19-12-13-20(14-19)33-16-29-23-24(33)30-27(28)31-25(23)38-21-10-7-11-21/h4-6,8-9,12-13,16-21H,7,10-11,14-15H2,1-3H3,(H,32,35)(H2,28,30,31)/t18-,19+,20-,40+/m0/s1. The van der Waals surface area contributed by atoms with Crippen molar-refractivity contribution in [3.8, 4) is 11.6 Å². The van der Waals surface area contributed by atoms with Gasteiger partial charge < -0.3 is 24.3 Å². The molecule has 5 rings (SSSR count). The van der Waals surface area contributed by atoms with Crippen LogP contribution < -0.4 is 20.1 Å². The Labute approximate surface area is 232 Å². The summed E-state index contributed by atoms with van der Waals surface area (Å²) in [6, 6.07) is 7.68. The van der Waals surface area contributed by atoms with Crippen molar-refractivity contribution in [2.24, 2.45) is 5.92 Å². The Kier molecular flexibility index (Phi) is 8.39. The molecule has 2 aliphatic rings. The molecule has 0 amide bonds. The molecule has 0 unspecified atom stereocenters. The fourth-order valence-electron chi connectivity index (χ4n) is 4.49. The Morgan fingerprint density at radius 2 is 1.95 bits per heavy atom. The first-order chi connectivity index (χ1) is 19.2. The van der Waals surface area contributed by atoms with E-state index in [1.807, 2.05) is 22.8 Å². The SMILES string of the molecule is CC(C)OC(=O)[C@H](C)N[P@@](=O)(OC[C@@H]1C=C[C@H](n2cnc3c(OC4CCC4)nc(N)nc32)C1)Oc1ccccc1. The van der Waals surface area contributed by atoms with Crippen LogP contribution in [0.4, 0.5) is 5.95 Å². The van der Waals surface area contributed by atoms with Crippen molar-refractivity contribution in [2.75, 3.05) is 12.3 Å². The maximum absolute atomic E-state index is 13.8. The second kappa shape index (κ2) is 12.0. The molecule has 1 fully saturated rings. The molecule has 3 N–H and O–H groups in total. The number of anilines is 1.